The summed E-state index contributed by atoms with van der Waals surface area (Å²) in [6.07, 6.45) is 3.78. The maximum Gasteiger partial charge on any atom is 0.293 e. The quantitative estimate of drug-likeness (QED) is 0.716. The molecular weight excluding hydrogens is 318 g/mol. The van der Waals surface area contributed by atoms with Crippen LogP contribution in [0.2, 0.25) is 0 Å². The van der Waals surface area contributed by atoms with Crippen molar-refractivity contribution in [3.63, 3.8) is 0 Å². The minimum Gasteiger partial charge on any atom is -0.376 e. The van der Waals surface area contributed by atoms with Gasteiger partial charge in [-0.3, -0.25) is 9.78 Å². The molecule has 0 N–H and O–H groups in total. The minimum absolute atomic E-state index is 0.0573. The van der Waals surface area contributed by atoms with Crippen LogP contribution in [0, 0.1) is 0 Å². The van der Waals surface area contributed by atoms with Gasteiger partial charge in [-0.15, -0.1) is 0 Å². The Bertz CT molecular complexity index is 856. The first-order valence-corrected chi connectivity index (χ1v) is 8.46. The molecule has 1 amide bonds. The Morgan fingerprint density at radius 2 is 2.08 bits per heavy atom. The van der Waals surface area contributed by atoms with Crippen molar-refractivity contribution in [2.45, 2.75) is 25.5 Å². The van der Waals surface area contributed by atoms with Gasteiger partial charge in [-0.1, -0.05) is 23.4 Å². The number of carbonyl (C=O) groups is 1. The summed E-state index contributed by atoms with van der Waals surface area (Å²) in [6, 6.07) is 13.1. The van der Waals surface area contributed by atoms with Gasteiger partial charge in [-0.05, 0) is 37.1 Å². The van der Waals surface area contributed by atoms with E-state index in [-0.39, 0.29) is 17.8 Å². The van der Waals surface area contributed by atoms with E-state index in [9.17, 15) is 4.79 Å². The summed E-state index contributed by atoms with van der Waals surface area (Å²) in [7, 11) is 0. The Balaban J connectivity index is 1.62. The molecule has 25 heavy (non-hydrogen) atoms. The first-order chi connectivity index (χ1) is 12.3. The normalized spacial score (nSPS) is 17.0. The minimum atomic E-state index is -0.185. The summed E-state index contributed by atoms with van der Waals surface area (Å²) in [5, 5.41) is 4.72. The molecule has 0 bridgehead atoms. The van der Waals surface area contributed by atoms with Gasteiger partial charge in [0.05, 0.1) is 23.7 Å². The molecule has 3 heterocycles. The lowest BCUT2D eigenvalue weighted by Gasteiger charge is -2.24. The van der Waals surface area contributed by atoms with Gasteiger partial charge in [0.15, 0.2) is 0 Å². The lowest BCUT2D eigenvalue weighted by molar-refractivity contribution is 0.0476. The zero-order valence-corrected chi connectivity index (χ0v) is 13.8. The number of amides is 1. The van der Waals surface area contributed by atoms with Crippen LogP contribution in [-0.4, -0.2) is 40.2 Å². The summed E-state index contributed by atoms with van der Waals surface area (Å²) in [5.74, 6) is 0.0828. The van der Waals surface area contributed by atoms with Gasteiger partial charge >= 0.3 is 0 Å². The molecule has 1 aliphatic rings. The van der Waals surface area contributed by atoms with Crippen LogP contribution < -0.4 is 0 Å². The van der Waals surface area contributed by atoms with E-state index < -0.39 is 0 Å². The van der Waals surface area contributed by atoms with Gasteiger partial charge in [-0.2, -0.15) is 0 Å². The van der Waals surface area contributed by atoms with E-state index in [1.807, 2.05) is 42.5 Å². The summed E-state index contributed by atoms with van der Waals surface area (Å²) < 4.78 is 11.1. The predicted molar refractivity (Wildman–Crippen MR) is 92.0 cm³/mol. The highest BCUT2D eigenvalue weighted by molar-refractivity contribution is 6.03. The van der Waals surface area contributed by atoms with E-state index in [1.165, 1.54) is 0 Å². The van der Waals surface area contributed by atoms with Crippen molar-refractivity contribution in [1.29, 1.82) is 0 Å². The maximum atomic E-state index is 13.1. The highest BCUT2D eigenvalue weighted by Gasteiger charge is 2.27. The second kappa shape index (κ2) is 7.03. The van der Waals surface area contributed by atoms with Crippen LogP contribution in [-0.2, 0) is 11.3 Å². The molecule has 1 aromatic carbocycles. The molecule has 0 radical (unpaired) electrons. The standard InChI is InChI=1S/C19H19N3O3/c23-19(18-16-8-1-2-9-17(16)21-25-18)22(13-15-7-5-11-24-15)12-14-6-3-4-10-20-14/h1-4,6,8-10,15H,5,7,11-13H2. The number of benzene rings is 1. The van der Waals surface area contributed by atoms with Crippen LogP contribution in [0.3, 0.4) is 0 Å². The maximum absolute atomic E-state index is 13.1. The number of pyridine rings is 1. The van der Waals surface area contributed by atoms with Crippen LogP contribution in [0.25, 0.3) is 10.9 Å². The highest BCUT2D eigenvalue weighted by atomic mass is 16.5. The molecule has 6 heteroatoms. The fourth-order valence-electron chi connectivity index (χ4n) is 3.13. The number of fused-ring (bicyclic) bond motifs is 1. The van der Waals surface area contributed by atoms with Crippen molar-refractivity contribution in [2.24, 2.45) is 0 Å². The average molecular weight is 337 g/mol. The Labute approximate surface area is 145 Å². The number of aromatic nitrogens is 2. The molecule has 1 atom stereocenters. The molecule has 0 aliphatic carbocycles. The number of hydrogen-bond acceptors (Lipinski definition) is 5. The molecule has 3 aromatic rings. The van der Waals surface area contributed by atoms with Crippen molar-refractivity contribution in [3.8, 4) is 0 Å². The molecule has 0 spiro atoms. The zero-order valence-electron chi connectivity index (χ0n) is 13.8. The van der Waals surface area contributed by atoms with Gasteiger partial charge < -0.3 is 14.2 Å². The van der Waals surface area contributed by atoms with E-state index in [0.717, 1.165) is 30.5 Å². The van der Waals surface area contributed by atoms with Crippen molar-refractivity contribution < 1.29 is 14.1 Å². The SMILES string of the molecule is O=C(c1onc2ccccc12)N(Cc1ccccn1)CC1CCCO1. The van der Waals surface area contributed by atoms with Gasteiger partial charge in [0.2, 0.25) is 5.76 Å². The molecule has 1 unspecified atom stereocenters. The van der Waals surface area contributed by atoms with Crippen molar-refractivity contribution in [3.05, 3.63) is 60.1 Å². The third-order valence-corrected chi connectivity index (χ3v) is 4.39. The third-order valence-electron chi connectivity index (χ3n) is 4.39. The van der Waals surface area contributed by atoms with Crippen molar-refractivity contribution in [1.82, 2.24) is 15.0 Å². The fraction of sp³-hybridized carbons (Fsp3) is 0.316. The average Bonchev–Trinajstić information content (AvgIpc) is 3.31. The zero-order chi connectivity index (χ0) is 17.1. The van der Waals surface area contributed by atoms with Crippen molar-refractivity contribution >= 4 is 16.8 Å². The lowest BCUT2D eigenvalue weighted by Crippen LogP contribution is -2.37. The molecule has 6 nitrogen and oxygen atoms in total. The Morgan fingerprint density at radius 3 is 2.88 bits per heavy atom. The second-order valence-electron chi connectivity index (χ2n) is 6.17. The Kier molecular flexibility index (Phi) is 4.43. The third kappa shape index (κ3) is 3.39. The molecule has 1 saturated heterocycles. The van der Waals surface area contributed by atoms with Crippen LogP contribution >= 0.6 is 0 Å². The highest BCUT2D eigenvalue weighted by Crippen LogP contribution is 2.22. The molecular formula is C19H19N3O3. The van der Waals surface area contributed by atoms with E-state index in [2.05, 4.69) is 10.1 Å². The van der Waals surface area contributed by atoms with E-state index in [1.54, 1.807) is 11.1 Å². The smallest absolute Gasteiger partial charge is 0.293 e. The van der Waals surface area contributed by atoms with Crippen LogP contribution in [0.4, 0.5) is 0 Å². The van der Waals surface area contributed by atoms with E-state index in [0.29, 0.717) is 18.6 Å². The lowest BCUT2D eigenvalue weighted by atomic mass is 10.1. The van der Waals surface area contributed by atoms with E-state index in [4.69, 9.17) is 9.26 Å². The summed E-state index contributed by atoms with van der Waals surface area (Å²) in [5.41, 5.74) is 1.51. The van der Waals surface area contributed by atoms with E-state index >= 15 is 0 Å². The van der Waals surface area contributed by atoms with Crippen molar-refractivity contribution in [2.75, 3.05) is 13.2 Å². The fourth-order valence-corrected chi connectivity index (χ4v) is 3.13. The summed E-state index contributed by atoms with van der Waals surface area (Å²) in [6.45, 7) is 1.68. The largest absolute Gasteiger partial charge is 0.376 e. The van der Waals surface area contributed by atoms with Gasteiger partial charge in [0.25, 0.3) is 5.91 Å². The predicted octanol–water partition coefficient (Wildman–Crippen LogP) is 3.04. The topological polar surface area (TPSA) is 68.5 Å². The molecule has 4 rings (SSSR count). The monoisotopic (exact) mass is 337 g/mol. The van der Waals surface area contributed by atoms with Gasteiger partial charge in [0.1, 0.15) is 5.52 Å². The van der Waals surface area contributed by atoms with Crippen LogP contribution in [0.5, 0.6) is 0 Å². The molecule has 1 fully saturated rings. The number of carbonyl (C=O) groups excluding carboxylic acids is 1. The van der Waals surface area contributed by atoms with Gasteiger partial charge in [-0.25, -0.2) is 0 Å². The number of hydrogen-bond donors (Lipinski definition) is 0. The Hall–Kier alpha value is -2.73. The molecule has 0 saturated carbocycles. The summed E-state index contributed by atoms with van der Waals surface area (Å²) in [4.78, 5) is 19.2. The second-order valence-corrected chi connectivity index (χ2v) is 6.17. The van der Waals surface area contributed by atoms with Crippen LogP contribution in [0.1, 0.15) is 29.1 Å². The van der Waals surface area contributed by atoms with Crippen LogP contribution in [0.15, 0.2) is 53.2 Å². The summed E-state index contributed by atoms with van der Waals surface area (Å²) >= 11 is 0. The first kappa shape index (κ1) is 15.8. The number of nitrogens with zero attached hydrogens (tertiary/aromatic N) is 3. The van der Waals surface area contributed by atoms with Gasteiger partial charge in [0, 0.05) is 19.3 Å². The number of rotatable bonds is 5. The molecule has 128 valence electrons. The number of ether oxygens (including phenoxy) is 1. The molecule has 1 aliphatic heterocycles. The Morgan fingerprint density at radius 1 is 1.20 bits per heavy atom. The first-order valence-electron chi connectivity index (χ1n) is 8.46. The molecule has 2 aromatic heterocycles.